The topological polar surface area (TPSA) is 29.5 Å². The van der Waals surface area contributed by atoms with Crippen LogP contribution in [0.1, 0.15) is 20.8 Å². The summed E-state index contributed by atoms with van der Waals surface area (Å²) in [6.07, 6.45) is 4.74. The van der Waals surface area contributed by atoms with E-state index < -0.39 is 0 Å². The molecule has 13 heavy (non-hydrogen) atoms. The van der Waals surface area contributed by atoms with Crippen LogP contribution in [0.25, 0.3) is 0 Å². The Morgan fingerprint density at radius 2 is 2.15 bits per heavy atom. The van der Waals surface area contributed by atoms with Gasteiger partial charge in [0, 0.05) is 6.08 Å². The molecule has 0 bridgehead atoms. The van der Waals surface area contributed by atoms with Crippen molar-refractivity contribution in [1.82, 2.24) is 0 Å². The van der Waals surface area contributed by atoms with E-state index in [-0.39, 0.29) is 5.76 Å². The van der Waals surface area contributed by atoms with Gasteiger partial charge >= 0.3 is 0 Å². The monoisotopic (exact) mass is 182 g/mol. The summed E-state index contributed by atoms with van der Waals surface area (Å²) in [6.45, 7) is 10.1. The highest BCUT2D eigenvalue weighted by molar-refractivity contribution is 5.19. The summed E-state index contributed by atoms with van der Waals surface area (Å²) < 4.78 is 5.40. The average Bonchev–Trinajstić information content (AvgIpc) is 2.11. The van der Waals surface area contributed by atoms with Gasteiger partial charge in [0.15, 0.2) is 0 Å². The third-order valence-corrected chi connectivity index (χ3v) is 1.37. The summed E-state index contributed by atoms with van der Waals surface area (Å²) in [5, 5.41) is 9.15. The highest BCUT2D eigenvalue weighted by Gasteiger charge is 1.97. The van der Waals surface area contributed by atoms with E-state index in [2.05, 4.69) is 20.4 Å². The van der Waals surface area contributed by atoms with Gasteiger partial charge in [0.25, 0.3) is 0 Å². The van der Waals surface area contributed by atoms with E-state index in [0.717, 1.165) is 0 Å². The molecule has 0 radical (unpaired) electrons. The van der Waals surface area contributed by atoms with Gasteiger partial charge in [-0.25, -0.2) is 0 Å². The van der Waals surface area contributed by atoms with E-state index in [1.54, 1.807) is 6.08 Å². The summed E-state index contributed by atoms with van der Waals surface area (Å²) in [4.78, 5) is 0. The smallest absolute Gasteiger partial charge is 0.118 e. The van der Waals surface area contributed by atoms with Crippen molar-refractivity contribution in [3.05, 3.63) is 36.3 Å². The van der Waals surface area contributed by atoms with Gasteiger partial charge in [-0.2, -0.15) is 0 Å². The number of ether oxygens (including phenoxy) is 1. The summed E-state index contributed by atoms with van der Waals surface area (Å²) >= 11 is 0. The van der Waals surface area contributed by atoms with Crippen LogP contribution in [0.15, 0.2) is 36.3 Å². The minimum atomic E-state index is 0.122. The van der Waals surface area contributed by atoms with E-state index in [1.165, 1.54) is 6.08 Å². The van der Waals surface area contributed by atoms with Crippen molar-refractivity contribution in [3.8, 4) is 0 Å². The number of rotatable bonds is 5. The zero-order chi connectivity index (χ0) is 10.3. The highest BCUT2D eigenvalue weighted by atomic mass is 16.5. The van der Waals surface area contributed by atoms with Gasteiger partial charge in [-0.15, -0.1) is 0 Å². The second-order valence-electron chi connectivity index (χ2n) is 3.17. The van der Waals surface area contributed by atoms with Crippen molar-refractivity contribution in [2.24, 2.45) is 5.92 Å². The number of aliphatic hydroxyl groups excluding tert-OH is 1. The molecule has 0 aliphatic carbocycles. The summed E-state index contributed by atoms with van der Waals surface area (Å²) in [6, 6.07) is 0. The molecule has 2 nitrogen and oxygen atoms in total. The van der Waals surface area contributed by atoms with Gasteiger partial charge < -0.3 is 9.84 Å². The van der Waals surface area contributed by atoms with Gasteiger partial charge in [0.2, 0.25) is 0 Å². The molecule has 0 fully saturated rings. The van der Waals surface area contributed by atoms with Crippen LogP contribution in [-0.2, 0) is 4.74 Å². The van der Waals surface area contributed by atoms with Crippen LogP contribution < -0.4 is 0 Å². The molecule has 0 spiro atoms. The third-order valence-electron chi connectivity index (χ3n) is 1.37. The van der Waals surface area contributed by atoms with E-state index in [4.69, 9.17) is 9.84 Å². The average molecular weight is 182 g/mol. The van der Waals surface area contributed by atoms with Crippen LogP contribution in [0.2, 0.25) is 0 Å². The number of allylic oxidation sites excluding steroid dienone is 3. The van der Waals surface area contributed by atoms with E-state index in [0.29, 0.717) is 18.3 Å². The second-order valence-corrected chi connectivity index (χ2v) is 3.17. The van der Waals surface area contributed by atoms with Crippen molar-refractivity contribution in [2.45, 2.75) is 20.8 Å². The summed E-state index contributed by atoms with van der Waals surface area (Å²) in [5.41, 5.74) is 0. The molecular weight excluding hydrogens is 164 g/mol. The SMILES string of the molecule is C=C/C(O)=C\C(=C/C)OCC(C)C. The Bertz CT molecular complexity index is 212. The Kier molecular flexibility index (Phi) is 5.77. The fourth-order valence-electron chi connectivity index (χ4n) is 0.676. The van der Waals surface area contributed by atoms with Crippen molar-refractivity contribution >= 4 is 0 Å². The molecule has 0 aromatic rings. The first kappa shape index (κ1) is 11.8. The first-order valence-corrected chi connectivity index (χ1v) is 4.42. The number of aliphatic hydroxyl groups is 1. The quantitative estimate of drug-likeness (QED) is 0.522. The minimum Gasteiger partial charge on any atom is -0.508 e. The van der Waals surface area contributed by atoms with Crippen molar-refractivity contribution in [3.63, 3.8) is 0 Å². The van der Waals surface area contributed by atoms with Crippen LogP contribution in [0.3, 0.4) is 0 Å². The maximum absolute atomic E-state index is 9.15. The predicted molar refractivity (Wildman–Crippen MR) is 55.5 cm³/mol. The van der Waals surface area contributed by atoms with Gasteiger partial charge in [0.05, 0.1) is 6.61 Å². The molecular formula is C11H18O2. The van der Waals surface area contributed by atoms with Gasteiger partial charge in [-0.1, -0.05) is 20.4 Å². The van der Waals surface area contributed by atoms with Crippen LogP contribution in [0, 0.1) is 5.92 Å². The maximum Gasteiger partial charge on any atom is 0.118 e. The standard InChI is InChI=1S/C11H18O2/c1-5-10(12)7-11(6-2)13-8-9(3)4/h5-7,9,12H,1,8H2,2-4H3/b10-7+,11-6+. The van der Waals surface area contributed by atoms with Crippen LogP contribution in [0.4, 0.5) is 0 Å². The summed E-state index contributed by atoms with van der Waals surface area (Å²) in [7, 11) is 0. The summed E-state index contributed by atoms with van der Waals surface area (Å²) in [5.74, 6) is 1.28. The Balaban J connectivity index is 4.14. The Morgan fingerprint density at radius 1 is 1.54 bits per heavy atom. The molecule has 0 unspecified atom stereocenters. The highest BCUT2D eigenvalue weighted by Crippen LogP contribution is 2.06. The second kappa shape index (κ2) is 6.35. The van der Waals surface area contributed by atoms with Crippen LogP contribution >= 0.6 is 0 Å². The molecule has 0 aliphatic heterocycles. The molecule has 0 heterocycles. The van der Waals surface area contributed by atoms with Crippen LogP contribution in [0.5, 0.6) is 0 Å². The first-order valence-electron chi connectivity index (χ1n) is 4.42. The third kappa shape index (κ3) is 6.02. The van der Waals surface area contributed by atoms with Gasteiger partial charge in [-0.3, -0.25) is 0 Å². The molecule has 0 saturated heterocycles. The molecule has 0 saturated carbocycles. The van der Waals surface area contributed by atoms with Crippen molar-refractivity contribution in [1.29, 1.82) is 0 Å². The minimum absolute atomic E-state index is 0.122. The van der Waals surface area contributed by atoms with Crippen molar-refractivity contribution < 1.29 is 9.84 Å². The predicted octanol–water partition coefficient (Wildman–Crippen LogP) is 3.19. The van der Waals surface area contributed by atoms with Crippen LogP contribution in [-0.4, -0.2) is 11.7 Å². The molecule has 0 aliphatic rings. The van der Waals surface area contributed by atoms with E-state index >= 15 is 0 Å². The fourth-order valence-corrected chi connectivity index (χ4v) is 0.676. The van der Waals surface area contributed by atoms with E-state index in [1.807, 2.05) is 13.0 Å². The molecule has 0 aromatic heterocycles. The lowest BCUT2D eigenvalue weighted by Crippen LogP contribution is -2.00. The zero-order valence-corrected chi connectivity index (χ0v) is 8.58. The lowest BCUT2D eigenvalue weighted by molar-refractivity contribution is 0.188. The maximum atomic E-state index is 9.15. The molecule has 0 rings (SSSR count). The van der Waals surface area contributed by atoms with Gasteiger partial charge in [-0.05, 0) is 25.0 Å². The first-order chi connectivity index (χ1) is 6.10. The Hall–Kier alpha value is -1.18. The largest absolute Gasteiger partial charge is 0.508 e. The molecule has 0 aromatic carbocycles. The lowest BCUT2D eigenvalue weighted by Gasteiger charge is -2.08. The Labute approximate surface area is 80.2 Å². The van der Waals surface area contributed by atoms with Crippen molar-refractivity contribution in [2.75, 3.05) is 6.61 Å². The Morgan fingerprint density at radius 3 is 2.54 bits per heavy atom. The lowest BCUT2D eigenvalue weighted by atomic mass is 10.2. The van der Waals surface area contributed by atoms with Gasteiger partial charge in [0.1, 0.15) is 11.5 Å². The number of hydrogen-bond donors (Lipinski definition) is 1. The number of hydrogen-bond acceptors (Lipinski definition) is 2. The fraction of sp³-hybridized carbons (Fsp3) is 0.455. The van der Waals surface area contributed by atoms with E-state index in [9.17, 15) is 0 Å². The molecule has 74 valence electrons. The molecule has 0 atom stereocenters. The zero-order valence-electron chi connectivity index (χ0n) is 8.58. The molecule has 0 amide bonds. The molecule has 2 heteroatoms. The molecule has 1 N–H and O–H groups in total. The normalized spacial score (nSPS) is 13.2.